The van der Waals surface area contributed by atoms with Crippen molar-refractivity contribution in [2.45, 2.75) is 13.2 Å². The number of benzene rings is 2. The first-order chi connectivity index (χ1) is 9.76. The molecule has 1 aromatic heterocycles. The van der Waals surface area contributed by atoms with Gasteiger partial charge in [0.15, 0.2) is 11.5 Å². The highest BCUT2D eigenvalue weighted by Gasteiger charge is 2.05. The molecule has 0 spiro atoms. The van der Waals surface area contributed by atoms with Crippen LogP contribution in [0.4, 0.5) is 0 Å². The Hall–Kier alpha value is -2.04. The summed E-state index contributed by atoms with van der Waals surface area (Å²) >= 11 is 1.69. The summed E-state index contributed by atoms with van der Waals surface area (Å²) in [4.78, 5) is 1.12. The number of hydrogen-bond acceptors (Lipinski definition) is 4. The number of rotatable bonds is 4. The Morgan fingerprint density at radius 3 is 2.75 bits per heavy atom. The molecule has 0 saturated heterocycles. The van der Waals surface area contributed by atoms with E-state index in [1.165, 1.54) is 10.1 Å². The molecular weight excluding hydrogens is 270 g/mol. The lowest BCUT2D eigenvalue weighted by Gasteiger charge is -2.05. The van der Waals surface area contributed by atoms with E-state index < -0.39 is 0 Å². The molecule has 0 aliphatic rings. The minimum absolute atomic E-state index is 0.166. The Bertz CT molecular complexity index is 736. The fraction of sp³-hybridized carbons (Fsp3) is 0.125. The molecule has 0 aliphatic heterocycles. The van der Waals surface area contributed by atoms with Gasteiger partial charge in [-0.15, -0.1) is 11.3 Å². The highest BCUT2D eigenvalue weighted by atomic mass is 32.1. The van der Waals surface area contributed by atoms with Crippen LogP contribution in [0.5, 0.6) is 11.5 Å². The predicted octanol–water partition coefficient (Wildman–Crippen LogP) is 3.64. The molecule has 0 atom stereocenters. The molecular formula is C16H15NO2S. The third-order valence-corrected chi connectivity index (χ3v) is 4.18. The van der Waals surface area contributed by atoms with Gasteiger partial charge in [-0.05, 0) is 35.2 Å². The summed E-state index contributed by atoms with van der Waals surface area (Å²) in [5.41, 5.74) is 6.78. The van der Waals surface area contributed by atoms with Crippen molar-refractivity contribution in [3.63, 3.8) is 0 Å². The van der Waals surface area contributed by atoms with Crippen LogP contribution in [-0.2, 0) is 13.2 Å². The maximum absolute atomic E-state index is 9.66. The van der Waals surface area contributed by atoms with E-state index in [2.05, 4.69) is 18.2 Å². The molecule has 0 radical (unpaired) electrons. The van der Waals surface area contributed by atoms with Gasteiger partial charge in [0, 0.05) is 16.1 Å². The summed E-state index contributed by atoms with van der Waals surface area (Å²) in [5.74, 6) is 0.673. The number of nitrogens with two attached hydrogens (primary N) is 1. The Morgan fingerprint density at radius 1 is 1.10 bits per heavy atom. The van der Waals surface area contributed by atoms with Crippen molar-refractivity contribution in [3.8, 4) is 11.5 Å². The number of ether oxygens (including phenoxy) is 1. The molecule has 0 fully saturated rings. The van der Waals surface area contributed by atoms with Crippen LogP contribution in [-0.4, -0.2) is 5.11 Å². The first-order valence-corrected chi connectivity index (χ1v) is 7.20. The zero-order valence-electron chi connectivity index (χ0n) is 10.9. The van der Waals surface area contributed by atoms with Gasteiger partial charge in [-0.25, -0.2) is 0 Å². The van der Waals surface area contributed by atoms with Gasteiger partial charge in [0.1, 0.15) is 6.61 Å². The van der Waals surface area contributed by atoms with Crippen molar-refractivity contribution in [1.82, 2.24) is 0 Å². The summed E-state index contributed by atoms with van der Waals surface area (Å²) in [6.45, 7) is 1.01. The van der Waals surface area contributed by atoms with Crippen LogP contribution in [0.25, 0.3) is 10.1 Å². The minimum Gasteiger partial charge on any atom is -0.504 e. The maximum Gasteiger partial charge on any atom is 0.161 e. The quantitative estimate of drug-likeness (QED) is 0.769. The highest BCUT2D eigenvalue weighted by Crippen LogP contribution is 2.29. The van der Waals surface area contributed by atoms with E-state index in [4.69, 9.17) is 10.5 Å². The minimum atomic E-state index is 0.166. The maximum atomic E-state index is 9.66. The number of aromatic hydroxyl groups is 1. The molecule has 0 amide bonds. The van der Waals surface area contributed by atoms with Crippen LogP contribution in [0.15, 0.2) is 48.5 Å². The molecule has 2 aromatic carbocycles. The van der Waals surface area contributed by atoms with Gasteiger partial charge in [-0.1, -0.05) is 24.3 Å². The zero-order chi connectivity index (χ0) is 13.9. The first-order valence-electron chi connectivity index (χ1n) is 6.38. The number of para-hydroxylation sites is 2. The molecule has 3 nitrogen and oxygen atoms in total. The second kappa shape index (κ2) is 5.53. The topological polar surface area (TPSA) is 55.5 Å². The van der Waals surface area contributed by atoms with Gasteiger partial charge in [0.25, 0.3) is 0 Å². The van der Waals surface area contributed by atoms with E-state index in [-0.39, 0.29) is 5.75 Å². The predicted molar refractivity (Wildman–Crippen MR) is 82.2 cm³/mol. The van der Waals surface area contributed by atoms with E-state index in [9.17, 15) is 5.11 Å². The van der Waals surface area contributed by atoms with Gasteiger partial charge in [0.05, 0.1) is 0 Å². The van der Waals surface area contributed by atoms with Gasteiger partial charge < -0.3 is 15.6 Å². The normalized spacial score (nSPS) is 10.8. The van der Waals surface area contributed by atoms with Gasteiger partial charge in [-0.3, -0.25) is 0 Å². The second-order valence-electron chi connectivity index (χ2n) is 4.55. The number of hydrogen-bond donors (Lipinski definition) is 2. The first kappa shape index (κ1) is 13.0. The lowest BCUT2D eigenvalue weighted by molar-refractivity contribution is 0.292. The molecule has 0 unspecified atom stereocenters. The molecule has 0 aliphatic carbocycles. The van der Waals surface area contributed by atoms with Crippen LogP contribution in [0.2, 0.25) is 0 Å². The average molecular weight is 285 g/mol. The number of phenolic OH excluding ortho intramolecular Hbond substituents is 1. The van der Waals surface area contributed by atoms with Crippen LogP contribution in [0, 0.1) is 0 Å². The Balaban J connectivity index is 1.79. The third-order valence-electron chi connectivity index (χ3n) is 3.11. The standard InChI is InChI=1S/C16H15NO2S/c17-9-11-5-6-12-8-13(20-16(12)7-11)10-19-15-4-2-1-3-14(15)18/h1-8,18H,9-10,17H2. The van der Waals surface area contributed by atoms with Gasteiger partial charge >= 0.3 is 0 Å². The van der Waals surface area contributed by atoms with E-state index in [1.54, 1.807) is 29.5 Å². The third kappa shape index (κ3) is 2.61. The zero-order valence-corrected chi connectivity index (χ0v) is 11.7. The van der Waals surface area contributed by atoms with E-state index >= 15 is 0 Å². The molecule has 4 heteroatoms. The SMILES string of the molecule is NCc1ccc2cc(COc3ccccc3O)sc2c1. The summed E-state index contributed by atoms with van der Waals surface area (Å²) in [5, 5.41) is 10.9. The van der Waals surface area contributed by atoms with E-state index in [1.807, 2.05) is 12.1 Å². The summed E-state index contributed by atoms with van der Waals surface area (Å²) in [6.07, 6.45) is 0. The fourth-order valence-corrected chi connectivity index (χ4v) is 3.10. The Kier molecular flexibility index (Phi) is 3.58. The molecule has 102 valence electrons. The molecule has 3 aromatic rings. The number of thiophene rings is 1. The Labute approximate surface area is 121 Å². The summed E-state index contributed by atoms with van der Waals surface area (Å²) in [6, 6.07) is 15.3. The Morgan fingerprint density at radius 2 is 1.95 bits per heavy atom. The highest BCUT2D eigenvalue weighted by molar-refractivity contribution is 7.19. The van der Waals surface area contributed by atoms with Crippen LogP contribution >= 0.6 is 11.3 Å². The van der Waals surface area contributed by atoms with E-state index in [0.29, 0.717) is 18.9 Å². The van der Waals surface area contributed by atoms with Crippen molar-refractivity contribution >= 4 is 21.4 Å². The van der Waals surface area contributed by atoms with Gasteiger partial charge in [0.2, 0.25) is 0 Å². The molecule has 0 bridgehead atoms. The van der Waals surface area contributed by atoms with Crippen molar-refractivity contribution in [2.24, 2.45) is 5.73 Å². The second-order valence-corrected chi connectivity index (χ2v) is 5.71. The van der Waals surface area contributed by atoms with Crippen molar-refractivity contribution in [2.75, 3.05) is 0 Å². The lowest BCUT2D eigenvalue weighted by atomic mass is 10.2. The largest absolute Gasteiger partial charge is 0.504 e. The van der Waals surface area contributed by atoms with Crippen LogP contribution in [0.3, 0.4) is 0 Å². The van der Waals surface area contributed by atoms with Crippen molar-refractivity contribution in [1.29, 1.82) is 0 Å². The monoisotopic (exact) mass is 285 g/mol. The smallest absolute Gasteiger partial charge is 0.161 e. The summed E-state index contributed by atoms with van der Waals surface area (Å²) < 4.78 is 6.86. The number of fused-ring (bicyclic) bond motifs is 1. The van der Waals surface area contributed by atoms with Crippen molar-refractivity contribution < 1.29 is 9.84 Å². The van der Waals surface area contributed by atoms with Crippen molar-refractivity contribution in [3.05, 3.63) is 59.0 Å². The van der Waals surface area contributed by atoms with Crippen LogP contribution < -0.4 is 10.5 Å². The van der Waals surface area contributed by atoms with Crippen LogP contribution in [0.1, 0.15) is 10.4 Å². The summed E-state index contributed by atoms with van der Waals surface area (Å²) in [7, 11) is 0. The molecule has 3 N–H and O–H groups in total. The molecule has 3 rings (SSSR count). The molecule has 1 heterocycles. The van der Waals surface area contributed by atoms with E-state index in [0.717, 1.165) is 10.4 Å². The molecule has 0 saturated carbocycles. The average Bonchev–Trinajstić information content (AvgIpc) is 2.88. The number of phenols is 1. The molecule has 20 heavy (non-hydrogen) atoms. The van der Waals surface area contributed by atoms with Gasteiger partial charge in [-0.2, -0.15) is 0 Å². The fourth-order valence-electron chi connectivity index (χ4n) is 2.06. The lowest BCUT2D eigenvalue weighted by Crippen LogP contribution is -1.94.